The van der Waals surface area contributed by atoms with Crippen LogP contribution in [-0.4, -0.2) is 126 Å². The number of nitrogens with one attached hydrogen (secondary N) is 2. The predicted octanol–water partition coefficient (Wildman–Crippen LogP) is 8.42. The number of aromatic amines is 1. The minimum Gasteiger partial charge on any atom is -0.393 e. The van der Waals surface area contributed by atoms with Crippen LogP contribution in [0.1, 0.15) is 148 Å². The number of fused-ring (bicyclic) bond motifs is 6. The van der Waals surface area contributed by atoms with Gasteiger partial charge in [-0.25, -0.2) is 0 Å². The second-order valence-electron chi connectivity index (χ2n) is 25.4. The lowest BCUT2D eigenvalue weighted by atomic mass is 9.60. The van der Waals surface area contributed by atoms with Gasteiger partial charge < -0.3 is 40.5 Å². The molecule has 3 saturated carbocycles. The summed E-state index contributed by atoms with van der Waals surface area (Å²) in [6.45, 7) is 17.5. The van der Waals surface area contributed by atoms with Crippen molar-refractivity contribution in [1.29, 1.82) is 0 Å². The molecule has 2 aromatic carbocycles. The van der Waals surface area contributed by atoms with Crippen LogP contribution in [-0.2, 0) is 32.0 Å². The van der Waals surface area contributed by atoms with Gasteiger partial charge in [-0.3, -0.25) is 24.0 Å². The normalized spacial score (nSPS) is 36.1. The number of amides is 3. The van der Waals surface area contributed by atoms with Crippen molar-refractivity contribution in [3.05, 3.63) is 107 Å². The molecule has 8 aliphatic rings. The molecule has 13 nitrogen and oxygen atoms in total. The highest BCUT2D eigenvalue weighted by Gasteiger charge is 2.72. The van der Waals surface area contributed by atoms with Gasteiger partial charge in [-0.2, -0.15) is 0 Å². The Bertz CT molecular complexity index is 2710. The number of ether oxygens (including phenoxy) is 1. The van der Waals surface area contributed by atoms with E-state index in [1.807, 2.05) is 58.0 Å². The average molecular weight is 1030 g/mol. The number of rotatable bonds is 11. The standard InChI is InChI=1S/C35H41N5O5.C27H44O3/c1-20(2)34(37-31(41)23-16-25-24-11-7-12-26-30(24)22(18-36-26)17-27(25)38(3)19-23)33(43)40-28(15-21-9-5-4-6-10-21)32(42)39-14-8-13-29(39)35(40,44)45-34;1-18(8-6-14-26(3,4)30)23-12-13-24-20(9-7-15-27(23,24)5)10-11-21-16-22(28)17-25(29)19(21)2/h4-7,9-12,18,20,23,25,27-29,36,44H,8,13-17,19H2,1-3H3,(H,37,41);10-11,18,22-25,28-30H,2,6-9,12-17H2,1,3-5H3/b;20-10+,21-11-/t23-,25-,27-,28+,29+,34-,35+;18-,22-,23-,24+,25+,27-/m11/s1. The van der Waals surface area contributed by atoms with Crippen molar-refractivity contribution < 1.29 is 39.5 Å². The van der Waals surface area contributed by atoms with Gasteiger partial charge in [-0.05, 0) is 149 Å². The third-order valence-corrected chi connectivity index (χ3v) is 19.7. The molecule has 3 amide bonds. The molecule has 0 spiro atoms. The van der Waals surface area contributed by atoms with Gasteiger partial charge in [-0.15, -0.1) is 0 Å². The minimum absolute atomic E-state index is 0.164. The first kappa shape index (κ1) is 53.8. The number of aromatic nitrogens is 1. The highest BCUT2D eigenvalue weighted by molar-refractivity contribution is 5.98. The molecule has 13 atom stereocenters. The molecule has 4 aliphatic heterocycles. The number of nitrogens with zero attached hydrogens (tertiary/aromatic N) is 3. The van der Waals surface area contributed by atoms with Gasteiger partial charge in [0, 0.05) is 60.9 Å². The topological polar surface area (TPSA) is 179 Å². The summed E-state index contributed by atoms with van der Waals surface area (Å²) in [6.07, 6.45) is 19.0. The van der Waals surface area contributed by atoms with E-state index in [-0.39, 0.29) is 30.2 Å². The smallest absolute Gasteiger partial charge is 0.281 e. The summed E-state index contributed by atoms with van der Waals surface area (Å²) < 4.78 is 6.51. The minimum atomic E-state index is -2.04. The van der Waals surface area contributed by atoms with Crippen molar-refractivity contribution in [2.24, 2.45) is 35.0 Å². The molecule has 75 heavy (non-hydrogen) atoms. The number of carbonyl (C=O) groups is 3. The largest absolute Gasteiger partial charge is 0.393 e. The number of allylic oxidation sites excluding steroid dienone is 3. The third-order valence-electron chi connectivity index (χ3n) is 19.7. The van der Waals surface area contributed by atoms with Gasteiger partial charge in [0.1, 0.15) is 12.1 Å². The summed E-state index contributed by atoms with van der Waals surface area (Å²) in [5.41, 5.74) is 5.92. The summed E-state index contributed by atoms with van der Waals surface area (Å²) in [7, 11) is 2.07. The molecular formula is C62H85N5O8. The van der Waals surface area contributed by atoms with Crippen molar-refractivity contribution in [2.75, 3.05) is 20.1 Å². The molecule has 0 bridgehead atoms. The molecule has 6 N–H and O–H groups in total. The van der Waals surface area contributed by atoms with Crippen LogP contribution in [0.25, 0.3) is 10.9 Å². The molecule has 0 unspecified atom stereocenters. The van der Waals surface area contributed by atoms with Crippen LogP contribution in [0, 0.1) is 35.0 Å². The molecule has 11 rings (SSSR count). The molecule has 4 aliphatic carbocycles. The summed E-state index contributed by atoms with van der Waals surface area (Å²) in [6, 6.07) is 14.5. The number of aliphatic hydroxyl groups is 4. The highest BCUT2D eigenvalue weighted by atomic mass is 16.7. The highest BCUT2D eigenvalue weighted by Crippen LogP contribution is 2.60. The Morgan fingerprint density at radius 2 is 1.79 bits per heavy atom. The van der Waals surface area contributed by atoms with Gasteiger partial charge in [0.25, 0.3) is 11.8 Å². The van der Waals surface area contributed by atoms with Crippen LogP contribution in [0.5, 0.6) is 0 Å². The lowest BCUT2D eigenvalue weighted by Crippen LogP contribution is -2.71. The number of likely N-dealkylation sites (tertiary alicyclic amines) is 1. The van der Waals surface area contributed by atoms with Gasteiger partial charge >= 0.3 is 0 Å². The molecule has 5 heterocycles. The quantitative estimate of drug-likeness (QED) is 0.110. The van der Waals surface area contributed by atoms with E-state index in [9.17, 15) is 34.8 Å². The van der Waals surface area contributed by atoms with E-state index in [1.165, 1.54) is 59.9 Å². The molecule has 1 aromatic heterocycles. The van der Waals surface area contributed by atoms with Gasteiger partial charge in [-0.1, -0.05) is 107 Å². The van der Waals surface area contributed by atoms with E-state index in [0.29, 0.717) is 62.4 Å². The first-order valence-electron chi connectivity index (χ1n) is 28.5. The Labute approximate surface area is 444 Å². The number of likely N-dealkylation sites (N-methyl/N-ethyl adjacent to an activating group) is 1. The predicted molar refractivity (Wildman–Crippen MR) is 291 cm³/mol. The van der Waals surface area contributed by atoms with Crippen molar-refractivity contribution in [3.63, 3.8) is 0 Å². The number of hydrogen-bond donors (Lipinski definition) is 6. The zero-order valence-corrected chi connectivity index (χ0v) is 45.7. The van der Waals surface area contributed by atoms with Crippen LogP contribution in [0.15, 0.2) is 90.2 Å². The maximum Gasteiger partial charge on any atom is 0.281 e. The van der Waals surface area contributed by atoms with Gasteiger partial charge in [0.2, 0.25) is 17.5 Å². The van der Waals surface area contributed by atoms with E-state index in [0.717, 1.165) is 47.4 Å². The Hall–Kier alpha value is -4.63. The zero-order valence-electron chi connectivity index (χ0n) is 45.7. The zero-order chi connectivity index (χ0) is 53.4. The molecule has 4 saturated heterocycles. The van der Waals surface area contributed by atoms with Crippen molar-refractivity contribution in [1.82, 2.24) is 25.0 Å². The number of benzene rings is 2. The van der Waals surface area contributed by atoms with Crippen LogP contribution in [0.4, 0.5) is 0 Å². The average Bonchev–Trinajstić information content (AvgIpc) is 4.21. The number of H-pyrrole nitrogens is 1. The number of aliphatic hydroxyl groups excluding tert-OH is 2. The number of carbonyl (C=O) groups excluding carboxylic acids is 3. The fraction of sp³-hybridized carbons (Fsp3) is 0.629. The first-order valence-corrected chi connectivity index (χ1v) is 28.5. The van der Waals surface area contributed by atoms with Gasteiger partial charge in [0.05, 0.1) is 23.7 Å². The van der Waals surface area contributed by atoms with E-state index in [1.54, 1.807) is 10.5 Å². The van der Waals surface area contributed by atoms with Crippen LogP contribution < -0.4 is 5.32 Å². The maximum absolute atomic E-state index is 14.6. The number of piperazine rings is 1. The van der Waals surface area contributed by atoms with Crippen molar-refractivity contribution in [2.45, 2.75) is 191 Å². The van der Waals surface area contributed by atoms with Crippen LogP contribution in [0.3, 0.4) is 0 Å². The lowest BCUT2D eigenvalue weighted by Gasteiger charge is -2.48. The number of piperidine rings is 1. The maximum atomic E-state index is 14.6. The van der Waals surface area contributed by atoms with Crippen LogP contribution in [0.2, 0.25) is 0 Å². The first-order chi connectivity index (χ1) is 35.6. The Morgan fingerprint density at radius 1 is 1.01 bits per heavy atom. The summed E-state index contributed by atoms with van der Waals surface area (Å²) in [4.78, 5) is 51.4. The van der Waals surface area contributed by atoms with E-state index in [2.05, 4.69) is 79.2 Å². The van der Waals surface area contributed by atoms with Gasteiger partial charge in [0.15, 0.2) is 0 Å². The molecule has 406 valence electrons. The Balaban J connectivity index is 0.000000187. The summed E-state index contributed by atoms with van der Waals surface area (Å²) in [5, 5.41) is 46.8. The monoisotopic (exact) mass is 1030 g/mol. The Morgan fingerprint density at radius 3 is 2.53 bits per heavy atom. The summed E-state index contributed by atoms with van der Waals surface area (Å²) in [5.74, 6) is -1.70. The second-order valence-corrected chi connectivity index (χ2v) is 25.4. The van der Waals surface area contributed by atoms with Crippen molar-refractivity contribution >= 4 is 28.6 Å². The van der Waals surface area contributed by atoms with Crippen LogP contribution >= 0.6 is 0 Å². The fourth-order valence-corrected chi connectivity index (χ4v) is 15.7. The second kappa shape index (κ2) is 20.6. The van der Waals surface area contributed by atoms with E-state index in [4.69, 9.17) is 4.74 Å². The molecular weight excluding hydrogens is 943 g/mol. The third kappa shape index (κ3) is 9.79. The summed E-state index contributed by atoms with van der Waals surface area (Å²) >= 11 is 0. The Kier molecular flexibility index (Phi) is 14.8. The molecule has 3 aromatic rings. The SMILES string of the molecule is C=C1/C(=C\C=C2/CCC[C@]3(C)[C@@H]([C@H](C)CCCC(C)(C)O)CC[C@@H]23)C[C@@H](O)C[C@@H]1O.CC(C)[C@@]1(NC(=O)[C@@H]2C[C@@H]3c4cccc5[nH]cc(c45)C[C@H]3N(C)C2)O[C@@]2(O)[C@@H]3CCCN3C(=O)[C@H](Cc3ccccc3)N2C1=O. The fourth-order valence-electron chi connectivity index (χ4n) is 15.7. The molecule has 13 heteroatoms. The number of hydrogen-bond acceptors (Lipinski definition) is 9. The van der Waals surface area contributed by atoms with E-state index < -0.39 is 59.3 Å². The lowest BCUT2D eigenvalue weighted by molar-refractivity contribution is -0.321. The van der Waals surface area contributed by atoms with E-state index >= 15 is 0 Å². The molecule has 0 radical (unpaired) electrons. The van der Waals surface area contributed by atoms with Crippen molar-refractivity contribution in [3.8, 4) is 0 Å². The molecule has 7 fully saturated rings.